The van der Waals surface area contributed by atoms with Gasteiger partial charge in [0.15, 0.2) is 5.84 Å². The Balaban J connectivity index is 2.23. The number of aliphatic imine (C=N–C) groups is 1. The Morgan fingerprint density at radius 3 is 2.62 bits per heavy atom. The number of hydrogen-bond acceptors (Lipinski definition) is 7. The Hall–Kier alpha value is -3.00. The Labute approximate surface area is 173 Å². The van der Waals surface area contributed by atoms with Crippen molar-refractivity contribution >= 4 is 29.0 Å². The molecule has 1 aliphatic rings. The number of nitrogens with zero attached hydrogens (tertiary/aromatic N) is 3. The van der Waals surface area contributed by atoms with Crippen LogP contribution < -0.4 is 4.74 Å². The molecule has 0 saturated carbocycles. The van der Waals surface area contributed by atoms with Crippen LogP contribution in [-0.4, -0.2) is 41.3 Å². The van der Waals surface area contributed by atoms with Crippen molar-refractivity contribution in [1.29, 1.82) is 0 Å². The van der Waals surface area contributed by atoms with Crippen molar-refractivity contribution in [3.05, 3.63) is 57.2 Å². The molecule has 0 bridgehead atoms. The summed E-state index contributed by atoms with van der Waals surface area (Å²) in [7, 11) is 1.58. The molecule has 29 heavy (non-hydrogen) atoms. The number of thiazole rings is 1. The van der Waals surface area contributed by atoms with Gasteiger partial charge >= 0.3 is 5.97 Å². The minimum absolute atomic E-state index is 0.225. The number of methoxy groups -OCH3 is 1. The molecule has 0 unspecified atom stereocenters. The zero-order chi connectivity index (χ0) is 21.1. The van der Waals surface area contributed by atoms with Gasteiger partial charge in [0, 0.05) is 18.0 Å². The van der Waals surface area contributed by atoms with Gasteiger partial charge in [0.1, 0.15) is 17.5 Å². The Kier molecular flexibility index (Phi) is 6.12. The summed E-state index contributed by atoms with van der Waals surface area (Å²) >= 11 is 1.47. The number of amidine groups is 1. The van der Waals surface area contributed by atoms with Gasteiger partial charge in [0.2, 0.25) is 5.91 Å². The van der Waals surface area contributed by atoms with E-state index in [0.29, 0.717) is 28.5 Å². The summed E-state index contributed by atoms with van der Waals surface area (Å²) in [6.45, 7) is 7.03. The number of esters is 1. The predicted octanol–water partition coefficient (Wildman–Crippen LogP) is 3.65. The molecule has 1 aliphatic heterocycles. The smallest absolute Gasteiger partial charge is 0.338 e. The van der Waals surface area contributed by atoms with Crippen LogP contribution in [0.2, 0.25) is 0 Å². The van der Waals surface area contributed by atoms with Gasteiger partial charge in [-0.2, -0.15) is 0 Å². The average molecular weight is 413 g/mol. The van der Waals surface area contributed by atoms with Crippen LogP contribution in [0, 0.1) is 6.92 Å². The van der Waals surface area contributed by atoms with E-state index in [4.69, 9.17) is 14.5 Å². The monoisotopic (exact) mass is 413 g/mol. The van der Waals surface area contributed by atoms with E-state index < -0.39 is 12.0 Å². The minimum atomic E-state index is -0.642. The Morgan fingerprint density at radius 1 is 1.28 bits per heavy atom. The van der Waals surface area contributed by atoms with E-state index in [9.17, 15) is 9.59 Å². The highest BCUT2D eigenvalue weighted by Gasteiger charge is 2.37. The van der Waals surface area contributed by atoms with Crippen LogP contribution in [-0.2, 0) is 14.3 Å². The maximum Gasteiger partial charge on any atom is 0.338 e. The third-order valence-electron chi connectivity index (χ3n) is 4.53. The molecule has 1 aromatic heterocycles. The van der Waals surface area contributed by atoms with E-state index in [1.165, 1.54) is 23.2 Å². The summed E-state index contributed by atoms with van der Waals surface area (Å²) < 4.78 is 10.6. The highest BCUT2D eigenvalue weighted by Crippen LogP contribution is 2.37. The van der Waals surface area contributed by atoms with Crippen molar-refractivity contribution in [2.24, 2.45) is 4.99 Å². The van der Waals surface area contributed by atoms with Crippen molar-refractivity contribution in [3.63, 3.8) is 0 Å². The van der Waals surface area contributed by atoms with Crippen LogP contribution >= 0.6 is 11.3 Å². The molecule has 0 spiro atoms. The molecule has 7 nitrogen and oxygen atoms in total. The fourth-order valence-electron chi connectivity index (χ4n) is 3.27. The van der Waals surface area contributed by atoms with Crippen molar-refractivity contribution in [1.82, 2.24) is 9.88 Å². The van der Waals surface area contributed by atoms with Gasteiger partial charge in [-0.1, -0.05) is 12.1 Å². The Bertz CT molecular complexity index is 1010. The number of carbonyl (C=O) groups is 2. The fourth-order valence-corrected chi connectivity index (χ4v) is 3.87. The first kappa shape index (κ1) is 20.7. The third-order valence-corrected chi connectivity index (χ3v) is 5.30. The molecule has 1 amide bonds. The molecule has 1 atom stereocenters. The van der Waals surface area contributed by atoms with Crippen LogP contribution in [0.15, 0.2) is 45.9 Å². The van der Waals surface area contributed by atoms with Crippen molar-refractivity contribution in [3.8, 4) is 5.75 Å². The van der Waals surface area contributed by atoms with E-state index in [-0.39, 0.29) is 12.5 Å². The van der Waals surface area contributed by atoms with E-state index in [1.54, 1.807) is 21.0 Å². The number of ether oxygens (including phenoxy) is 2. The molecule has 0 saturated heterocycles. The summed E-state index contributed by atoms with van der Waals surface area (Å²) in [5.74, 6) is 0.318. The zero-order valence-corrected chi connectivity index (χ0v) is 17.9. The number of aryl methyl sites for hydroxylation is 1. The Morgan fingerprint density at radius 2 is 2.03 bits per heavy atom. The third kappa shape index (κ3) is 4.07. The first-order valence-electron chi connectivity index (χ1n) is 9.20. The van der Waals surface area contributed by atoms with E-state index in [0.717, 1.165) is 10.6 Å². The number of carbonyl (C=O) groups excluding carboxylic acids is 2. The quantitative estimate of drug-likeness (QED) is 0.699. The number of aromatic nitrogens is 1. The van der Waals surface area contributed by atoms with Gasteiger partial charge in [0.05, 0.1) is 24.3 Å². The first-order chi connectivity index (χ1) is 13.9. The SMILES string of the molecule is CCOC(=O)C1=C(C)N(C(C)=O)C(c2csc(C)n2)=N[C@@H]1c1cccc(OC)c1. The number of allylic oxidation sites excluding steroid dienone is 1. The summed E-state index contributed by atoms with van der Waals surface area (Å²) in [6, 6.07) is 6.72. The van der Waals surface area contributed by atoms with E-state index in [2.05, 4.69) is 4.98 Å². The van der Waals surface area contributed by atoms with Gasteiger partial charge in [-0.25, -0.2) is 9.78 Å². The lowest BCUT2D eigenvalue weighted by Gasteiger charge is -2.32. The largest absolute Gasteiger partial charge is 0.497 e. The lowest BCUT2D eigenvalue weighted by atomic mass is 9.94. The number of hydrogen-bond donors (Lipinski definition) is 0. The molecule has 2 aromatic rings. The van der Waals surface area contributed by atoms with Crippen LogP contribution in [0.5, 0.6) is 5.75 Å². The molecule has 152 valence electrons. The van der Waals surface area contributed by atoms with Crippen molar-refractivity contribution in [2.75, 3.05) is 13.7 Å². The molecule has 0 N–H and O–H groups in total. The maximum absolute atomic E-state index is 12.8. The number of amides is 1. The van der Waals surface area contributed by atoms with Crippen molar-refractivity contribution < 1.29 is 19.1 Å². The molecule has 0 fully saturated rings. The lowest BCUT2D eigenvalue weighted by Crippen LogP contribution is -2.40. The molecule has 2 heterocycles. The molecule has 0 radical (unpaired) electrons. The first-order valence-corrected chi connectivity index (χ1v) is 10.1. The normalized spacial score (nSPS) is 16.5. The highest BCUT2D eigenvalue weighted by molar-refractivity contribution is 7.09. The van der Waals surface area contributed by atoms with E-state index in [1.807, 2.05) is 36.6 Å². The summed E-state index contributed by atoms with van der Waals surface area (Å²) in [6.07, 6.45) is 0. The second-order valence-electron chi connectivity index (χ2n) is 6.46. The van der Waals surface area contributed by atoms with Crippen LogP contribution in [0.4, 0.5) is 0 Å². The van der Waals surface area contributed by atoms with Crippen LogP contribution in [0.25, 0.3) is 0 Å². The standard InChI is InChI=1S/C21H23N3O4S/c1-6-28-21(26)18-12(2)24(14(4)25)20(17-11-29-13(3)22-17)23-19(18)15-8-7-9-16(10-15)27-5/h7-11,19H,6H2,1-5H3/t19-/m1/s1. The molecule has 0 aliphatic carbocycles. The minimum Gasteiger partial charge on any atom is -0.497 e. The summed E-state index contributed by atoms with van der Waals surface area (Å²) in [5, 5.41) is 2.72. The second kappa shape index (κ2) is 8.57. The summed E-state index contributed by atoms with van der Waals surface area (Å²) in [4.78, 5) is 36.0. The lowest BCUT2D eigenvalue weighted by molar-refractivity contribution is -0.139. The fraction of sp³-hybridized carbons (Fsp3) is 0.333. The molecular weight excluding hydrogens is 390 g/mol. The predicted molar refractivity (Wildman–Crippen MR) is 111 cm³/mol. The van der Waals surface area contributed by atoms with Gasteiger partial charge < -0.3 is 9.47 Å². The average Bonchev–Trinajstić information content (AvgIpc) is 3.13. The van der Waals surface area contributed by atoms with Gasteiger partial charge in [-0.3, -0.25) is 14.7 Å². The molecule has 8 heteroatoms. The van der Waals surface area contributed by atoms with Gasteiger partial charge in [0.25, 0.3) is 0 Å². The second-order valence-corrected chi connectivity index (χ2v) is 7.52. The van der Waals surface area contributed by atoms with Gasteiger partial charge in [-0.15, -0.1) is 11.3 Å². The number of rotatable bonds is 5. The molecule has 3 rings (SSSR count). The van der Waals surface area contributed by atoms with Crippen LogP contribution in [0.1, 0.15) is 43.1 Å². The molecule has 1 aromatic carbocycles. The van der Waals surface area contributed by atoms with Crippen LogP contribution in [0.3, 0.4) is 0 Å². The van der Waals surface area contributed by atoms with Gasteiger partial charge in [-0.05, 0) is 38.5 Å². The zero-order valence-electron chi connectivity index (χ0n) is 17.1. The van der Waals surface area contributed by atoms with Crippen molar-refractivity contribution in [2.45, 2.75) is 33.7 Å². The summed E-state index contributed by atoms with van der Waals surface area (Å²) in [5.41, 5.74) is 2.17. The van der Waals surface area contributed by atoms with E-state index >= 15 is 0 Å². The maximum atomic E-state index is 12.8. The molecular formula is C21H23N3O4S. The number of benzene rings is 1. The highest BCUT2D eigenvalue weighted by atomic mass is 32.1. The topological polar surface area (TPSA) is 81.1 Å².